The Hall–Kier alpha value is -5.33. The first kappa shape index (κ1) is 39.9. The standard InChI is InChI=1S/C45H44F5N3O3Si/c1-27-21-37-40(51-28(2)52(37)6)43(55-7)38(27)33-20-14-19-32-34(42(54)29-22-35(46)39(48)36(47)23-29)24-53(41(32)33)25-45(49,50)26-56-57(44(3,4)5,30-15-10-8-11-16-30)31-17-12-9-13-18-31/h8-20,22-24,27H,21,25-26H2,1-7H3. The minimum Gasteiger partial charge on any atom is -0.494 e. The molecule has 0 saturated carbocycles. The molecule has 0 fully saturated rings. The molecule has 0 aliphatic heterocycles. The Bertz CT molecular complexity index is 2460. The van der Waals surface area contributed by atoms with E-state index in [2.05, 4.69) is 0 Å². The molecule has 12 heteroatoms. The van der Waals surface area contributed by atoms with Crippen molar-refractivity contribution in [2.75, 3.05) is 13.7 Å². The Kier molecular flexibility index (Phi) is 10.4. The van der Waals surface area contributed by atoms with Gasteiger partial charge in [0.2, 0.25) is 0 Å². The second-order valence-corrected chi connectivity index (χ2v) is 20.1. The van der Waals surface area contributed by atoms with Crippen molar-refractivity contribution in [2.24, 2.45) is 13.0 Å². The van der Waals surface area contributed by atoms with Crippen LogP contribution in [0.5, 0.6) is 0 Å². The van der Waals surface area contributed by atoms with E-state index in [0.717, 1.165) is 21.9 Å². The van der Waals surface area contributed by atoms with Crippen molar-refractivity contribution in [1.82, 2.24) is 14.1 Å². The van der Waals surface area contributed by atoms with Crippen molar-refractivity contribution in [3.8, 4) is 0 Å². The van der Waals surface area contributed by atoms with Crippen molar-refractivity contribution in [3.05, 3.63) is 149 Å². The van der Waals surface area contributed by atoms with Gasteiger partial charge in [-0.3, -0.25) is 4.79 Å². The summed E-state index contributed by atoms with van der Waals surface area (Å²) in [6, 6.07) is 25.3. The number of carbonyl (C=O) groups excluding carboxylic acids is 1. The molecule has 1 aliphatic rings. The number of aryl methyl sites for hydroxylation is 1. The highest BCUT2D eigenvalue weighted by atomic mass is 28.4. The van der Waals surface area contributed by atoms with Crippen LogP contribution in [0.4, 0.5) is 22.0 Å². The van der Waals surface area contributed by atoms with Crippen LogP contribution in [0.3, 0.4) is 0 Å². The number of benzene rings is 4. The molecule has 0 radical (unpaired) electrons. The number of rotatable bonds is 11. The smallest absolute Gasteiger partial charge is 0.287 e. The highest BCUT2D eigenvalue weighted by Crippen LogP contribution is 2.44. The molecule has 7 rings (SSSR count). The minimum absolute atomic E-state index is 0.0849. The van der Waals surface area contributed by atoms with E-state index in [0.29, 0.717) is 46.7 Å². The first-order chi connectivity index (χ1) is 27.0. The average molecular weight is 798 g/mol. The normalized spacial score (nSPS) is 15.0. The molecule has 1 unspecified atom stereocenters. The zero-order valence-electron chi connectivity index (χ0n) is 32.9. The fourth-order valence-electron chi connectivity index (χ4n) is 8.40. The maximum atomic E-state index is 16.9. The molecule has 0 spiro atoms. The van der Waals surface area contributed by atoms with Crippen LogP contribution in [0, 0.1) is 30.3 Å². The molecule has 296 valence electrons. The Labute approximate surface area is 329 Å². The Morgan fingerprint density at radius 2 is 1.51 bits per heavy atom. The van der Waals surface area contributed by atoms with Crippen LogP contribution in [0.15, 0.2) is 97.2 Å². The van der Waals surface area contributed by atoms with Crippen molar-refractivity contribution in [3.63, 3.8) is 0 Å². The molecule has 1 aliphatic carbocycles. The number of imidazole rings is 1. The summed E-state index contributed by atoms with van der Waals surface area (Å²) in [6.07, 6.45) is 1.86. The van der Waals surface area contributed by atoms with Crippen molar-refractivity contribution < 1.29 is 35.9 Å². The van der Waals surface area contributed by atoms with Gasteiger partial charge < -0.3 is 18.3 Å². The SMILES string of the molecule is COC1=C(c2cccc3c(C(=O)c4cc(F)c(F)c(F)c4)cn(CC(F)(F)CO[Si](c4ccccc4)(c4ccccc4)C(C)(C)C)c23)C(C)Cc2c1nc(C)n2C. The number of alkyl halides is 2. The molecule has 0 amide bonds. The third-order valence-corrected chi connectivity index (χ3v) is 16.1. The van der Waals surface area contributed by atoms with E-state index in [9.17, 15) is 18.0 Å². The van der Waals surface area contributed by atoms with Gasteiger partial charge in [-0.1, -0.05) is 107 Å². The first-order valence-electron chi connectivity index (χ1n) is 18.7. The van der Waals surface area contributed by atoms with Gasteiger partial charge >= 0.3 is 0 Å². The van der Waals surface area contributed by atoms with Gasteiger partial charge in [0.15, 0.2) is 23.2 Å². The van der Waals surface area contributed by atoms with E-state index >= 15 is 8.78 Å². The molecule has 6 nitrogen and oxygen atoms in total. The van der Waals surface area contributed by atoms with Crippen molar-refractivity contribution in [2.45, 2.75) is 58.5 Å². The number of carbonyl (C=O) groups is 1. The van der Waals surface area contributed by atoms with Crippen LogP contribution in [0.1, 0.15) is 66.4 Å². The highest BCUT2D eigenvalue weighted by Gasteiger charge is 2.52. The second kappa shape index (κ2) is 14.9. The summed E-state index contributed by atoms with van der Waals surface area (Å²) >= 11 is 0. The summed E-state index contributed by atoms with van der Waals surface area (Å²) in [7, 11) is 0.0781. The zero-order chi connectivity index (χ0) is 41.0. The van der Waals surface area contributed by atoms with Crippen LogP contribution >= 0.6 is 0 Å². The van der Waals surface area contributed by atoms with E-state index in [4.69, 9.17) is 14.1 Å². The lowest BCUT2D eigenvalue weighted by atomic mass is 9.83. The van der Waals surface area contributed by atoms with Gasteiger partial charge in [0, 0.05) is 46.6 Å². The highest BCUT2D eigenvalue weighted by molar-refractivity contribution is 6.99. The summed E-state index contributed by atoms with van der Waals surface area (Å²) in [5, 5.41) is 1.38. The zero-order valence-corrected chi connectivity index (χ0v) is 33.9. The van der Waals surface area contributed by atoms with Crippen LogP contribution in [-0.4, -0.2) is 47.9 Å². The van der Waals surface area contributed by atoms with Crippen LogP contribution < -0.4 is 10.4 Å². The lowest BCUT2D eigenvalue weighted by Gasteiger charge is -2.43. The minimum atomic E-state index is -3.50. The average Bonchev–Trinajstić information content (AvgIpc) is 3.68. The van der Waals surface area contributed by atoms with Gasteiger partial charge in [-0.25, -0.2) is 26.9 Å². The number of hydrogen-bond acceptors (Lipinski definition) is 4. The van der Waals surface area contributed by atoms with Gasteiger partial charge in [0.1, 0.15) is 23.9 Å². The molecular weight excluding hydrogens is 754 g/mol. The molecule has 0 saturated heterocycles. The predicted octanol–water partition coefficient (Wildman–Crippen LogP) is 9.25. The molecule has 1 atom stereocenters. The third-order valence-electron chi connectivity index (χ3n) is 11.1. The molecule has 2 aromatic heterocycles. The maximum Gasteiger partial charge on any atom is 0.287 e. The molecule has 57 heavy (non-hydrogen) atoms. The van der Waals surface area contributed by atoms with Gasteiger partial charge in [-0.15, -0.1) is 0 Å². The summed E-state index contributed by atoms with van der Waals surface area (Å²) in [5.74, 6) is -8.07. The number of aromatic nitrogens is 3. The largest absolute Gasteiger partial charge is 0.494 e. The number of methoxy groups -OCH3 is 1. The second-order valence-electron chi connectivity index (χ2n) is 15.8. The van der Waals surface area contributed by atoms with Crippen LogP contribution in [0.25, 0.3) is 22.2 Å². The van der Waals surface area contributed by atoms with E-state index in [-0.39, 0.29) is 16.9 Å². The summed E-state index contributed by atoms with van der Waals surface area (Å²) < 4.78 is 92.7. The van der Waals surface area contributed by atoms with E-state index in [1.54, 1.807) is 18.2 Å². The summed E-state index contributed by atoms with van der Waals surface area (Å²) in [5.41, 5.74) is 2.58. The third kappa shape index (κ3) is 6.92. The molecular formula is C45H44F5N3O3Si. The summed E-state index contributed by atoms with van der Waals surface area (Å²) in [6.45, 7) is 8.05. The van der Waals surface area contributed by atoms with Gasteiger partial charge in [-0.2, -0.15) is 0 Å². The van der Waals surface area contributed by atoms with E-state index < -0.39 is 61.2 Å². The summed E-state index contributed by atoms with van der Waals surface area (Å²) in [4.78, 5) is 18.9. The lowest BCUT2D eigenvalue weighted by molar-refractivity contribution is -0.0565. The quantitative estimate of drug-likeness (QED) is 0.0568. The predicted molar refractivity (Wildman–Crippen MR) is 215 cm³/mol. The lowest BCUT2D eigenvalue weighted by Crippen LogP contribution is -2.67. The van der Waals surface area contributed by atoms with Crippen LogP contribution in [0.2, 0.25) is 5.04 Å². The fraction of sp³-hybridized carbons (Fsp3) is 0.289. The molecule has 0 bridgehead atoms. The Balaban J connectivity index is 1.39. The topological polar surface area (TPSA) is 58.3 Å². The van der Waals surface area contributed by atoms with Crippen molar-refractivity contribution in [1.29, 1.82) is 0 Å². The van der Waals surface area contributed by atoms with E-state index in [1.807, 2.05) is 107 Å². The monoisotopic (exact) mass is 797 g/mol. The number of para-hydroxylation sites is 1. The molecule has 0 N–H and O–H groups in total. The van der Waals surface area contributed by atoms with Gasteiger partial charge in [-0.05, 0) is 46.8 Å². The Morgan fingerprint density at radius 3 is 2.07 bits per heavy atom. The number of ether oxygens (including phenoxy) is 1. The molecule has 2 heterocycles. The maximum absolute atomic E-state index is 16.9. The number of hydrogen-bond donors (Lipinski definition) is 0. The van der Waals surface area contributed by atoms with Gasteiger partial charge in [0.05, 0.1) is 19.2 Å². The molecule has 4 aromatic carbocycles. The van der Waals surface area contributed by atoms with E-state index in [1.165, 1.54) is 17.9 Å². The number of halogens is 5. The number of ketones is 1. The fourth-order valence-corrected chi connectivity index (χ4v) is 13.0. The molecule has 6 aromatic rings. The van der Waals surface area contributed by atoms with Crippen LogP contribution in [-0.2, 0) is 29.2 Å². The number of nitrogens with zero attached hydrogens (tertiary/aromatic N) is 3. The number of fused-ring (bicyclic) bond motifs is 2. The number of allylic oxidation sites excluding steroid dienone is 1. The van der Waals surface area contributed by atoms with Gasteiger partial charge in [0.25, 0.3) is 14.2 Å². The Morgan fingerprint density at radius 1 is 0.912 bits per heavy atom. The van der Waals surface area contributed by atoms with Crippen molar-refractivity contribution >= 4 is 46.7 Å². The first-order valence-corrected chi connectivity index (χ1v) is 20.6.